The fourth-order valence-corrected chi connectivity index (χ4v) is 4.60. The molecule has 0 radical (unpaired) electrons. The largest absolute Gasteiger partial charge is 0.346 e. The number of aromatic nitrogens is 2. The summed E-state index contributed by atoms with van der Waals surface area (Å²) in [6.07, 6.45) is 3.22. The average Bonchev–Trinajstić information content (AvgIpc) is 2.82. The molecule has 0 unspecified atom stereocenters. The maximum atomic E-state index is 13.0. The van der Waals surface area contributed by atoms with Gasteiger partial charge in [0.25, 0.3) is 0 Å². The van der Waals surface area contributed by atoms with Crippen molar-refractivity contribution in [3.8, 4) is 0 Å². The summed E-state index contributed by atoms with van der Waals surface area (Å²) in [5.74, 6) is 0.332. The monoisotopic (exact) mass is 375 g/mol. The Bertz CT molecular complexity index is 728. The van der Waals surface area contributed by atoms with Gasteiger partial charge in [-0.25, -0.2) is 0 Å². The van der Waals surface area contributed by atoms with Crippen LogP contribution in [0.15, 0.2) is 0 Å². The molecule has 7 nitrogen and oxygen atoms in total. The van der Waals surface area contributed by atoms with Crippen LogP contribution in [-0.2, 0) is 22.6 Å². The topological polar surface area (TPSA) is 61.7 Å². The molecule has 2 aliphatic rings. The molecule has 3 heterocycles. The second-order valence-electron chi connectivity index (χ2n) is 8.19. The van der Waals surface area contributed by atoms with E-state index in [9.17, 15) is 9.59 Å². The summed E-state index contributed by atoms with van der Waals surface area (Å²) in [6, 6.07) is 0. The van der Waals surface area contributed by atoms with E-state index in [1.165, 1.54) is 5.56 Å². The summed E-state index contributed by atoms with van der Waals surface area (Å²) < 4.78 is 1.85. The minimum Gasteiger partial charge on any atom is -0.346 e. The maximum absolute atomic E-state index is 13.0. The Kier molecular flexibility index (Phi) is 5.60. The van der Waals surface area contributed by atoms with Gasteiger partial charge in [-0.1, -0.05) is 6.92 Å². The van der Waals surface area contributed by atoms with E-state index in [1.807, 2.05) is 35.4 Å². The maximum Gasteiger partial charge on any atom is 0.244 e. The van der Waals surface area contributed by atoms with E-state index in [2.05, 4.69) is 24.0 Å². The predicted octanol–water partition coefficient (Wildman–Crippen LogP) is 1.22. The third-order valence-electron chi connectivity index (χ3n) is 6.67. The first-order chi connectivity index (χ1) is 12.8. The van der Waals surface area contributed by atoms with E-state index in [0.29, 0.717) is 19.5 Å². The molecule has 0 aliphatic carbocycles. The van der Waals surface area contributed by atoms with Gasteiger partial charge in [-0.15, -0.1) is 0 Å². The third-order valence-corrected chi connectivity index (χ3v) is 6.67. The van der Waals surface area contributed by atoms with Gasteiger partial charge in [0.2, 0.25) is 11.8 Å². The predicted molar refractivity (Wildman–Crippen MR) is 105 cm³/mol. The molecule has 2 amide bonds. The lowest BCUT2D eigenvalue weighted by atomic mass is 9.86. The van der Waals surface area contributed by atoms with Gasteiger partial charge in [0.05, 0.1) is 5.69 Å². The Morgan fingerprint density at radius 3 is 2.56 bits per heavy atom. The van der Waals surface area contributed by atoms with Gasteiger partial charge in [0.15, 0.2) is 0 Å². The second kappa shape index (κ2) is 7.62. The van der Waals surface area contributed by atoms with Gasteiger partial charge < -0.3 is 9.80 Å². The quantitative estimate of drug-likeness (QED) is 0.797. The summed E-state index contributed by atoms with van der Waals surface area (Å²) in [7, 11) is 4.01. The summed E-state index contributed by atoms with van der Waals surface area (Å²) in [6.45, 7) is 9.51. The van der Waals surface area contributed by atoms with Crippen molar-refractivity contribution >= 4 is 11.8 Å². The molecule has 1 aromatic heterocycles. The molecule has 3 rings (SSSR count). The van der Waals surface area contributed by atoms with Gasteiger partial charge in [0, 0.05) is 50.9 Å². The Hall–Kier alpha value is -1.89. The molecule has 2 fully saturated rings. The number of aryl methyl sites for hydroxylation is 1. The van der Waals surface area contributed by atoms with Crippen molar-refractivity contribution in [2.75, 3.05) is 40.3 Å². The van der Waals surface area contributed by atoms with Gasteiger partial charge in [-0.05, 0) is 45.7 Å². The third kappa shape index (κ3) is 3.74. The summed E-state index contributed by atoms with van der Waals surface area (Å²) in [5.41, 5.74) is 3.25. The van der Waals surface area contributed by atoms with Crippen molar-refractivity contribution in [1.29, 1.82) is 0 Å². The lowest BCUT2D eigenvalue weighted by molar-refractivity contribution is -0.137. The van der Waals surface area contributed by atoms with Crippen LogP contribution in [0, 0.1) is 13.8 Å². The molecule has 7 heteroatoms. The van der Waals surface area contributed by atoms with E-state index in [0.717, 1.165) is 50.3 Å². The van der Waals surface area contributed by atoms with Crippen molar-refractivity contribution in [3.05, 3.63) is 17.0 Å². The number of carbonyl (C=O) groups excluding carboxylic acids is 2. The molecule has 1 aromatic rings. The highest BCUT2D eigenvalue weighted by molar-refractivity contribution is 5.77. The number of likely N-dealkylation sites (N-methyl/N-ethyl adjacent to an activating group) is 1. The zero-order chi connectivity index (χ0) is 19.8. The van der Waals surface area contributed by atoms with Crippen molar-refractivity contribution in [2.24, 2.45) is 0 Å². The van der Waals surface area contributed by atoms with Crippen LogP contribution in [0.4, 0.5) is 0 Å². The highest BCUT2D eigenvalue weighted by atomic mass is 16.2. The Balaban J connectivity index is 1.74. The molecule has 1 atom stereocenters. The summed E-state index contributed by atoms with van der Waals surface area (Å²) in [4.78, 5) is 31.3. The number of nitrogens with zero attached hydrogens (tertiary/aromatic N) is 5. The molecular weight excluding hydrogens is 342 g/mol. The zero-order valence-corrected chi connectivity index (χ0v) is 17.4. The average molecular weight is 376 g/mol. The van der Waals surface area contributed by atoms with Crippen LogP contribution in [-0.4, -0.2) is 82.1 Å². The van der Waals surface area contributed by atoms with Crippen LogP contribution >= 0.6 is 0 Å². The molecular formula is C20H33N5O2. The SMILES string of the molecule is CCc1c(C)nn(CC(=O)N2CCN(C)[C@]3(CCC(=O)N(C)CC3)C2)c1C. The van der Waals surface area contributed by atoms with Gasteiger partial charge in [0.1, 0.15) is 6.54 Å². The Labute approximate surface area is 162 Å². The van der Waals surface area contributed by atoms with Gasteiger partial charge in [-0.2, -0.15) is 5.10 Å². The number of hydrogen-bond donors (Lipinski definition) is 0. The number of rotatable bonds is 3. The first-order valence-electron chi connectivity index (χ1n) is 10.0. The highest BCUT2D eigenvalue weighted by Gasteiger charge is 2.42. The van der Waals surface area contributed by atoms with Gasteiger partial charge in [-0.3, -0.25) is 19.2 Å². The molecule has 1 spiro atoms. The minimum atomic E-state index is -0.0992. The first-order valence-corrected chi connectivity index (χ1v) is 10.0. The van der Waals surface area contributed by atoms with E-state index >= 15 is 0 Å². The van der Waals surface area contributed by atoms with Crippen molar-refractivity contribution in [1.82, 2.24) is 24.5 Å². The first kappa shape index (κ1) is 19.9. The summed E-state index contributed by atoms with van der Waals surface area (Å²) in [5, 5.41) is 4.58. The summed E-state index contributed by atoms with van der Waals surface area (Å²) >= 11 is 0. The molecule has 0 saturated carbocycles. The lowest BCUT2D eigenvalue weighted by Gasteiger charge is -2.49. The zero-order valence-electron chi connectivity index (χ0n) is 17.4. The van der Waals surface area contributed by atoms with Crippen molar-refractivity contribution < 1.29 is 9.59 Å². The van der Waals surface area contributed by atoms with Crippen LogP contribution in [0.1, 0.15) is 43.1 Å². The number of likely N-dealkylation sites (tertiary alicyclic amines) is 1. The molecule has 2 saturated heterocycles. The fraction of sp³-hybridized carbons (Fsp3) is 0.750. The highest BCUT2D eigenvalue weighted by Crippen LogP contribution is 2.32. The minimum absolute atomic E-state index is 0.0992. The van der Waals surface area contributed by atoms with Gasteiger partial charge >= 0.3 is 0 Å². The van der Waals surface area contributed by atoms with Crippen LogP contribution in [0.25, 0.3) is 0 Å². The Morgan fingerprint density at radius 1 is 1.15 bits per heavy atom. The van der Waals surface area contributed by atoms with E-state index < -0.39 is 0 Å². The van der Waals surface area contributed by atoms with Crippen LogP contribution in [0.2, 0.25) is 0 Å². The number of piperazine rings is 1. The Morgan fingerprint density at radius 2 is 1.89 bits per heavy atom. The van der Waals surface area contributed by atoms with Crippen LogP contribution in [0.5, 0.6) is 0 Å². The molecule has 0 bridgehead atoms. The van der Waals surface area contributed by atoms with Crippen molar-refractivity contribution in [3.63, 3.8) is 0 Å². The molecule has 27 heavy (non-hydrogen) atoms. The second-order valence-corrected chi connectivity index (χ2v) is 8.19. The van der Waals surface area contributed by atoms with E-state index in [1.54, 1.807) is 0 Å². The molecule has 0 N–H and O–H groups in total. The smallest absolute Gasteiger partial charge is 0.244 e. The standard InChI is InChI=1S/C20H33N5O2/c1-6-17-15(2)21-25(16(17)3)13-19(27)24-12-11-23(5)20(14-24)8-7-18(26)22(4)10-9-20/h6-14H2,1-5H3/t20-/m0/s1. The van der Waals surface area contributed by atoms with E-state index in [-0.39, 0.29) is 17.4 Å². The lowest BCUT2D eigenvalue weighted by Crippen LogP contribution is -2.62. The molecule has 2 aliphatic heterocycles. The molecule has 0 aromatic carbocycles. The normalized spacial score (nSPS) is 24.6. The van der Waals surface area contributed by atoms with Crippen LogP contribution in [0.3, 0.4) is 0 Å². The number of hydrogen-bond acceptors (Lipinski definition) is 4. The van der Waals surface area contributed by atoms with Crippen LogP contribution < -0.4 is 0 Å². The number of amides is 2. The fourth-order valence-electron chi connectivity index (χ4n) is 4.60. The van der Waals surface area contributed by atoms with E-state index in [4.69, 9.17) is 0 Å². The van der Waals surface area contributed by atoms with Crippen molar-refractivity contribution in [2.45, 2.75) is 58.5 Å². The number of carbonyl (C=O) groups is 2. The molecule has 150 valence electrons.